The lowest BCUT2D eigenvalue weighted by Crippen LogP contribution is -2.47. The largest absolute Gasteiger partial charge is 0.508 e. The molecule has 0 saturated carbocycles. The number of nitrogens with one attached hydrogen (secondary N) is 1. The van der Waals surface area contributed by atoms with E-state index in [-0.39, 0.29) is 37.1 Å². The van der Waals surface area contributed by atoms with Gasteiger partial charge in [-0.1, -0.05) is 12.1 Å². The third-order valence-corrected chi connectivity index (χ3v) is 3.16. The number of carboxylic acid groups (broad SMARTS) is 1. The SMILES string of the molecule is CC(=O)NCCN(C(=O)Cc1ccc(O)cc1)C(C)C(=O)O. The summed E-state index contributed by atoms with van der Waals surface area (Å²) in [4.78, 5) is 35.5. The molecule has 1 atom stereocenters. The minimum absolute atomic E-state index is 0.0258. The summed E-state index contributed by atoms with van der Waals surface area (Å²) in [6.07, 6.45) is 0.0258. The van der Waals surface area contributed by atoms with E-state index in [0.29, 0.717) is 5.56 Å². The minimum Gasteiger partial charge on any atom is -0.508 e. The van der Waals surface area contributed by atoms with Crippen molar-refractivity contribution < 1.29 is 24.6 Å². The van der Waals surface area contributed by atoms with Crippen LogP contribution in [-0.4, -0.2) is 52.0 Å². The second-order valence-corrected chi connectivity index (χ2v) is 4.93. The summed E-state index contributed by atoms with van der Waals surface area (Å²) in [6.45, 7) is 3.08. The Bertz CT molecular complexity index is 541. The van der Waals surface area contributed by atoms with Crippen molar-refractivity contribution in [3.05, 3.63) is 29.8 Å². The maximum atomic E-state index is 12.3. The number of nitrogens with zero attached hydrogens (tertiary/aromatic N) is 1. The topological polar surface area (TPSA) is 107 Å². The molecule has 7 nitrogen and oxygen atoms in total. The molecular weight excluding hydrogens is 288 g/mol. The van der Waals surface area contributed by atoms with E-state index >= 15 is 0 Å². The van der Waals surface area contributed by atoms with Gasteiger partial charge in [-0.05, 0) is 24.6 Å². The maximum Gasteiger partial charge on any atom is 0.326 e. The number of amides is 2. The molecule has 7 heteroatoms. The smallest absolute Gasteiger partial charge is 0.326 e. The van der Waals surface area contributed by atoms with E-state index in [1.807, 2.05) is 0 Å². The lowest BCUT2D eigenvalue weighted by atomic mass is 10.1. The molecule has 1 aromatic rings. The number of benzene rings is 1. The van der Waals surface area contributed by atoms with E-state index in [1.54, 1.807) is 12.1 Å². The van der Waals surface area contributed by atoms with Crippen LogP contribution in [0, 0.1) is 0 Å². The number of carbonyl (C=O) groups is 3. The first kappa shape index (κ1) is 17.5. The van der Waals surface area contributed by atoms with Gasteiger partial charge in [0.2, 0.25) is 11.8 Å². The van der Waals surface area contributed by atoms with E-state index in [1.165, 1.54) is 30.9 Å². The van der Waals surface area contributed by atoms with Crippen LogP contribution in [0.3, 0.4) is 0 Å². The van der Waals surface area contributed by atoms with E-state index in [2.05, 4.69) is 5.32 Å². The van der Waals surface area contributed by atoms with Gasteiger partial charge in [-0.3, -0.25) is 9.59 Å². The molecular formula is C15H20N2O5. The van der Waals surface area contributed by atoms with Crippen molar-refractivity contribution in [1.29, 1.82) is 0 Å². The molecule has 120 valence electrons. The maximum absolute atomic E-state index is 12.3. The van der Waals surface area contributed by atoms with Crippen LogP contribution in [0.5, 0.6) is 5.75 Å². The van der Waals surface area contributed by atoms with Gasteiger partial charge in [0.1, 0.15) is 11.8 Å². The van der Waals surface area contributed by atoms with Gasteiger partial charge in [-0.25, -0.2) is 4.79 Å². The van der Waals surface area contributed by atoms with Crippen LogP contribution in [-0.2, 0) is 20.8 Å². The number of aliphatic carboxylic acids is 1. The molecule has 0 aliphatic rings. The zero-order valence-electron chi connectivity index (χ0n) is 12.6. The molecule has 0 fully saturated rings. The Morgan fingerprint density at radius 1 is 1.23 bits per heavy atom. The van der Waals surface area contributed by atoms with Gasteiger partial charge >= 0.3 is 5.97 Å². The lowest BCUT2D eigenvalue weighted by Gasteiger charge is -2.26. The molecule has 0 aliphatic carbocycles. The lowest BCUT2D eigenvalue weighted by molar-refractivity contribution is -0.149. The van der Waals surface area contributed by atoms with Gasteiger partial charge in [-0.2, -0.15) is 0 Å². The van der Waals surface area contributed by atoms with E-state index < -0.39 is 12.0 Å². The summed E-state index contributed by atoms with van der Waals surface area (Å²) >= 11 is 0. The van der Waals surface area contributed by atoms with Crippen molar-refractivity contribution in [2.45, 2.75) is 26.3 Å². The summed E-state index contributed by atoms with van der Waals surface area (Å²) < 4.78 is 0. The third kappa shape index (κ3) is 5.43. The Kier molecular flexibility index (Phi) is 6.37. The molecule has 0 saturated heterocycles. The minimum atomic E-state index is -1.11. The van der Waals surface area contributed by atoms with Crippen LogP contribution >= 0.6 is 0 Å². The van der Waals surface area contributed by atoms with Gasteiger partial charge in [0.05, 0.1) is 6.42 Å². The van der Waals surface area contributed by atoms with Crippen LogP contribution in [0.2, 0.25) is 0 Å². The highest BCUT2D eigenvalue weighted by atomic mass is 16.4. The fourth-order valence-corrected chi connectivity index (χ4v) is 1.91. The molecule has 0 aromatic heterocycles. The normalized spacial score (nSPS) is 11.5. The molecule has 1 rings (SSSR count). The molecule has 22 heavy (non-hydrogen) atoms. The van der Waals surface area contributed by atoms with Gasteiger partial charge < -0.3 is 20.4 Å². The summed E-state index contributed by atoms with van der Waals surface area (Å²) in [5.41, 5.74) is 0.671. The average molecular weight is 308 g/mol. The first-order valence-corrected chi connectivity index (χ1v) is 6.86. The number of hydrogen-bond donors (Lipinski definition) is 3. The molecule has 0 bridgehead atoms. The number of phenolic OH excluding ortho intramolecular Hbond substituents is 1. The van der Waals surface area contributed by atoms with Crippen LogP contribution in [0.1, 0.15) is 19.4 Å². The molecule has 1 aromatic carbocycles. The highest BCUT2D eigenvalue weighted by molar-refractivity contribution is 5.84. The summed E-state index contributed by atoms with van der Waals surface area (Å²) in [5, 5.41) is 20.9. The molecule has 3 N–H and O–H groups in total. The first-order valence-electron chi connectivity index (χ1n) is 6.86. The predicted molar refractivity (Wildman–Crippen MR) is 79.3 cm³/mol. The Morgan fingerprint density at radius 2 is 1.82 bits per heavy atom. The van der Waals surface area contributed by atoms with Crippen LogP contribution in [0.4, 0.5) is 0 Å². The summed E-state index contributed by atoms with van der Waals surface area (Å²) in [5.74, 6) is -1.61. The standard InChI is InChI=1S/C15H20N2O5/c1-10(15(21)22)17(8-7-16-11(2)18)14(20)9-12-3-5-13(19)6-4-12/h3-6,10,19H,7-9H2,1-2H3,(H,16,18)(H,21,22). The van der Waals surface area contributed by atoms with Gasteiger partial charge in [0.15, 0.2) is 0 Å². The van der Waals surface area contributed by atoms with Gasteiger partial charge in [-0.15, -0.1) is 0 Å². The Balaban J connectivity index is 2.75. The molecule has 1 unspecified atom stereocenters. The fraction of sp³-hybridized carbons (Fsp3) is 0.400. The van der Waals surface area contributed by atoms with E-state index in [0.717, 1.165) is 0 Å². The number of carboxylic acids is 1. The van der Waals surface area contributed by atoms with Gasteiger partial charge in [0, 0.05) is 20.0 Å². The number of carbonyl (C=O) groups excluding carboxylic acids is 2. The van der Waals surface area contributed by atoms with Crippen molar-refractivity contribution in [2.24, 2.45) is 0 Å². The quantitative estimate of drug-likeness (QED) is 0.675. The molecule has 0 aliphatic heterocycles. The van der Waals surface area contributed by atoms with Crippen molar-refractivity contribution in [3.63, 3.8) is 0 Å². The number of aromatic hydroxyl groups is 1. The number of hydrogen-bond acceptors (Lipinski definition) is 4. The Labute approximate surface area is 128 Å². The second-order valence-electron chi connectivity index (χ2n) is 4.93. The number of rotatable bonds is 7. The van der Waals surface area contributed by atoms with Crippen molar-refractivity contribution in [3.8, 4) is 5.75 Å². The Hall–Kier alpha value is -2.57. The zero-order valence-corrected chi connectivity index (χ0v) is 12.6. The van der Waals surface area contributed by atoms with Crippen molar-refractivity contribution in [2.75, 3.05) is 13.1 Å². The third-order valence-electron chi connectivity index (χ3n) is 3.16. The predicted octanol–water partition coefficient (Wildman–Crippen LogP) is 0.372. The fourth-order valence-electron chi connectivity index (χ4n) is 1.91. The monoisotopic (exact) mass is 308 g/mol. The second kappa shape index (κ2) is 8.02. The van der Waals surface area contributed by atoms with E-state index in [4.69, 9.17) is 5.11 Å². The molecule has 0 radical (unpaired) electrons. The first-order chi connectivity index (χ1) is 10.3. The van der Waals surface area contributed by atoms with Crippen LogP contribution < -0.4 is 5.32 Å². The highest BCUT2D eigenvalue weighted by Gasteiger charge is 2.25. The summed E-state index contributed by atoms with van der Waals surface area (Å²) in [7, 11) is 0. The van der Waals surface area contributed by atoms with E-state index in [9.17, 15) is 19.5 Å². The van der Waals surface area contributed by atoms with Crippen LogP contribution in [0.15, 0.2) is 24.3 Å². The van der Waals surface area contributed by atoms with Crippen molar-refractivity contribution >= 4 is 17.8 Å². The zero-order chi connectivity index (χ0) is 16.7. The molecule has 0 spiro atoms. The molecule has 0 heterocycles. The van der Waals surface area contributed by atoms with Gasteiger partial charge in [0.25, 0.3) is 0 Å². The average Bonchev–Trinajstić information content (AvgIpc) is 2.45. The summed E-state index contributed by atoms with van der Waals surface area (Å²) in [6, 6.07) is 5.14. The number of phenols is 1. The van der Waals surface area contributed by atoms with Crippen molar-refractivity contribution in [1.82, 2.24) is 10.2 Å². The Morgan fingerprint density at radius 3 is 2.32 bits per heavy atom. The van der Waals surface area contributed by atoms with Crippen LogP contribution in [0.25, 0.3) is 0 Å². The highest BCUT2D eigenvalue weighted by Crippen LogP contribution is 2.12. The molecule has 2 amide bonds.